The molecule has 1 heterocycles. The van der Waals surface area contributed by atoms with Crippen LogP contribution in [0.2, 0.25) is 0 Å². The van der Waals surface area contributed by atoms with Gasteiger partial charge in [-0.15, -0.1) is 0 Å². The normalized spacial score (nSPS) is 17.5. The molecule has 3 rings (SSSR count). The number of amides is 1. The number of hydrogen-bond acceptors (Lipinski definition) is 4. The minimum Gasteiger partial charge on any atom is -0.399 e. The first-order valence-corrected chi connectivity index (χ1v) is 9.13. The number of aryl methyl sites for hydroxylation is 2. The zero-order valence-corrected chi connectivity index (χ0v) is 14.1. The van der Waals surface area contributed by atoms with Crippen molar-refractivity contribution in [1.29, 1.82) is 0 Å². The number of nitrogens with one attached hydrogen (secondary N) is 1. The fraction of sp³-hybridized carbons (Fsp3) is 0.312. The number of aromatic nitrogens is 1. The Morgan fingerprint density at radius 1 is 1.33 bits per heavy atom. The predicted molar refractivity (Wildman–Crippen MR) is 90.8 cm³/mol. The molecule has 0 aliphatic heterocycles. The van der Waals surface area contributed by atoms with Gasteiger partial charge in [0.05, 0.1) is 0 Å². The quantitative estimate of drug-likeness (QED) is 0.716. The van der Waals surface area contributed by atoms with E-state index in [1.54, 1.807) is 13.1 Å². The standard InChI is InChI=1S/C16H20N4O3S/c1-20-9-12(8-15(20)16(18)21)24(22,23)19-14-4-2-3-10-7-11(17)5-6-13(10)14/h5-9,14,19H,2-4,17H2,1H3,(H2,18,21). The maximum absolute atomic E-state index is 12.7. The first kappa shape index (κ1) is 16.5. The minimum atomic E-state index is -3.76. The first-order chi connectivity index (χ1) is 11.3. The van der Waals surface area contributed by atoms with Gasteiger partial charge in [-0.2, -0.15) is 0 Å². The van der Waals surface area contributed by atoms with E-state index in [1.165, 1.54) is 16.8 Å². The van der Waals surface area contributed by atoms with Gasteiger partial charge in [0.25, 0.3) is 5.91 Å². The number of carbonyl (C=O) groups is 1. The smallest absolute Gasteiger partial charge is 0.265 e. The fourth-order valence-electron chi connectivity index (χ4n) is 3.14. The van der Waals surface area contributed by atoms with Crippen LogP contribution in [0.4, 0.5) is 5.69 Å². The van der Waals surface area contributed by atoms with E-state index < -0.39 is 15.9 Å². The van der Waals surface area contributed by atoms with E-state index in [1.807, 2.05) is 12.1 Å². The molecule has 1 aromatic heterocycles. The van der Waals surface area contributed by atoms with Crippen LogP contribution in [0, 0.1) is 0 Å². The van der Waals surface area contributed by atoms with Crippen molar-refractivity contribution >= 4 is 21.6 Å². The molecule has 1 amide bonds. The number of carbonyl (C=O) groups excluding carboxylic acids is 1. The summed E-state index contributed by atoms with van der Waals surface area (Å²) in [4.78, 5) is 11.4. The summed E-state index contributed by atoms with van der Waals surface area (Å²) in [6.07, 6.45) is 3.86. The van der Waals surface area contributed by atoms with Crippen molar-refractivity contribution in [2.24, 2.45) is 12.8 Å². The summed E-state index contributed by atoms with van der Waals surface area (Å²) in [5, 5.41) is 0. The van der Waals surface area contributed by atoms with Crippen molar-refractivity contribution in [3.8, 4) is 0 Å². The highest BCUT2D eigenvalue weighted by Crippen LogP contribution is 2.32. The van der Waals surface area contributed by atoms with Gasteiger partial charge in [0.2, 0.25) is 10.0 Å². The lowest BCUT2D eigenvalue weighted by Gasteiger charge is -2.26. The van der Waals surface area contributed by atoms with Gasteiger partial charge in [0.15, 0.2) is 0 Å². The highest BCUT2D eigenvalue weighted by molar-refractivity contribution is 7.89. The Morgan fingerprint density at radius 3 is 2.75 bits per heavy atom. The molecule has 2 aromatic rings. The van der Waals surface area contributed by atoms with Gasteiger partial charge in [-0.3, -0.25) is 4.79 Å². The maximum atomic E-state index is 12.7. The van der Waals surface area contributed by atoms with Crippen LogP contribution in [0.25, 0.3) is 0 Å². The molecule has 0 saturated carbocycles. The van der Waals surface area contributed by atoms with E-state index in [4.69, 9.17) is 11.5 Å². The van der Waals surface area contributed by atoms with Crippen LogP contribution in [0.5, 0.6) is 0 Å². The predicted octanol–water partition coefficient (Wildman–Crippen LogP) is 1.06. The Labute approximate surface area is 140 Å². The van der Waals surface area contributed by atoms with Crippen LogP contribution in [-0.2, 0) is 23.5 Å². The molecule has 1 aromatic carbocycles. The third-order valence-corrected chi connectivity index (χ3v) is 5.76. The number of nitrogens with zero attached hydrogens (tertiary/aromatic N) is 1. The molecule has 0 bridgehead atoms. The minimum absolute atomic E-state index is 0.0290. The number of benzene rings is 1. The van der Waals surface area contributed by atoms with E-state index in [9.17, 15) is 13.2 Å². The second-order valence-electron chi connectivity index (χ2n) is 6.06. The van der Waals surface area contributed by atoms with E-state index in [0.29, 0.717) is 12.1 Å². The molecule has 128 valence electrons. The number of sulfonamides is 1. The third kappa shape index (κ3) is 3.02. The van der Waals surface area contributed by atoms with E-state index in [0.717, 1.165) is 24.0 Å². The van der Waals surface area contributed by atoms with Gasteiger partial charge >= 0.3 is 0 Å². The van der Waals surface area contributed by atoms with Gasteiger partial charge in [-0.25, -0.2) is 13.1 Å². The average molecular weight is 348 g/mol. The number of anilines is 1. The van der Waals surface area contributed by atoms with Crippen LogP contribution in [0.15, 0.2) is 35.4 Å². The number of hydrogen-bond donors (Lipinski definition) is 3. The van der Waals surface area contributed by atoms with Crippen molar-refractivity contribution in [2.75, 3.05) is 5.73 Å². The molecular formula is C16H20N4O3S. The molecule has 0 saturated heterocycles. The molecule has 0 spiro atoms. The van der Waals surface area contributed by atoms with E-state index in [2.05, 4.69) is 4.72 Å². The molecular weight excluding hydrogens is 328 g/mol. The Hall–Kier alpha value is -2.32. The topological polar surface area (TPSA) is 120 Å². The molecule has 7 nitrogen and oxygen atoms in total. The Morgan fingerprint density at radius 2 is 2.08 bits per heavy atom. The summed E-state index contributed by atoms with van der Waals surface area (Å²) in [6, 6.07) is 6.52. The summed E-state index contributed by atoms with van der Waals surface area (Å²) in [5.41, 5.74) is 13.9. The monoisotopic (exact) mass is 348 g/mol. The fourth-order valence-corrected chi connectivity index (χ4v) is 4.46. The Kier molecular flexibility index (Phi) is 4.10. The lowest BCUT2D eigenvalue weighted by atomic mass is 9.88. The number of nitrogens with two attached hydrogens (primary N) is 2. The summed E-state index contributed by atoms with van der Waals surface area (Å²) in [5.74, 6) is -0.669. The largest absolute Gasteiger partial charge is 0.399 e. The number of nitrogen functional groups attached to an aromatic ring is 1. The zero-order chi connectivity index (χ0) is 17.5. The molecule has 1 atom stereocenters. The number of fused-ring (bicyclic) bond motifs is 1. The number of rotatable bonds is 4. The molecule has 1 unspecified atom stereocenters. The molecule has 24 heavy (non-hydrogen) atoms. The maximum Gasteiger partial charge on any atom is 0.265 e. The molecule has 8 heteroatoms. The van der Waals surface area contributed by atoms with Crippen LogP contribution < -0.4 is 16.2 Å². The highest BCUT2D eigenvalue weighted by Gasteiger charge is 2.27. The van der Waals surface area contributed by atoms with Crippen LogP contribution in [0.1, 0.15) is 40.5 Å². The SMILES string of the molecule is Cn1cc(S(=O)(=O)NC2CCCc3cc(N)ccc32)cc1C(N)=O. The summed E-state index contributed by atoms with van der Waals surface area (Å²) < 4.78 is 29.5. The van der Waals surface area contributed by atoms with Gasteiger partial charge in [-0.1, -0.05) is 6.07 Å². The molecule has 0 fully saturated rings. The van der Waals surface area contributed by atoms with Crippen molar-refractivity contribution in [3.05, 3.63) is 47.3 Å². The molecule has 1 aliphatic carbocycles. The summed E-state index contributed by atoms with van der Waals surface area (Å²) in [6.45, 7) is 0. The van der Waals surface area contributed by atoms with Gasteiger partial charge in [-0.05, 0) is 48.6 Å². The Bertz CT molecular complexity index is 902. The van der Waals surface area contributed by atoms with Crippen LogP contribution >= 0.6 is 0 Å². The Balaban J connectivity index is 1.91. The van der Waals surface area contributed by atoms with Crippen LogP contribution in [-0.4, -0.2) is 18.9 Å². The number of primary amides is 1. The lowest BCUT2D eigenvalue weighted by molar-refractivity contribution is 0.0992. The summed E-state index contributed by atoms with van der Waals surface area (Å²) in [7, 11) is -2.18. The third-order valence-electron chi connectivity index (χ3n) is 4.32. The van der Waals surface area contributed by atoms with E-state index >= 15 is 0 Å². The molecule has 0 radical (unpaired) electrons. The zero-order valence-electron chi connectivity index (χ0n) is 13.3. The summed E-state index contributed by atoms with van der Waals surface area (Å²) >= 11 is 0. The van der Waals surface area contributed by atoms with Gasteiger partial charge in [0, 0.05) is 25.0 Å². The second-order valence-corrected chi connectivity index (χ2v) is 7.77. The lowest BCUT2D eigenvalue weighted by Crippen LogP contribution is -2.31. The first-order valence-electron chi connectivity index (χ1n) is 7.65. The van der Waals surface area contributed by atoms with Crippen molar-refractivity contribution in [3.63, 3.8) is 0 Å². The van der Waals surface area contributed by atoms with Gasteiger partial charge in [0.1, 0.15) is 10.6 Å². The second kappa shape index (κ2) is 5.95. The van der Waals surface area contributed by atoms with Gasteiger partial charge < -0.3 is 16.0 Å². The van der Waals surface area contributed by atoms with E-state index in [-0.39, 0.29) is 16.6 Å². The van der Waals surface area contributed by atoms with Crippen molar-refractivity contribution < 1.29 is 13.2 Å². The average Bonchev–Trinajstić information content (AvgIpc) is 2.90. The molecule has 5 N–H and O–H groups in total. The van der Waals surface area contributed by atoms with Crippen molar-refractivity contribution in [1.82, 2.24) is 9.29 Å². The van der Waals surface area contributed by atoms with Crippen molar-refractivity contribution in [2.45, 2.75) is 30.2 Å². The highest BCUT2D eigenvalue weighted by atomic mass is 32.2. The van der Waals surface area contributed by atoms with Crippen LogP contribution in [0.3, 0.4) is 0 Å². The molecule has 1 aliphatic rings.